The lowest BCUT2D eigenvalue weighted by Crippen LogP contribution is -2.17. The Labute approximate surface area is 134 Å². The van der Waals surface area contributed by atoms with Crippen molar-refractivity contribution in [2.75, 3.05) is 7.05 Å². The van der Waals surface area contributed by atoms with Gasteiger partial charge in [-0.05, 0) is 51.6 Å². The van der Waals surface area contributed by atoms with Gasteiger partial charge in [0.15, 0.2) is 0 Å². The van der Waals surface area contributed by atoms with Gasteiger partial charge in [-0.15, -0.1) is 11.3 Å². The molecule has 0 N–H and O–H groups in total. The molecule has 4 nitrogen and oxygen atoms in total. The van der Waals surface area contributed by atoms with E-state index in [1.54, 1.807) is 17.4 Å². The minimum Gasteiger partial charge on any atom is -0.298 e. The second-order valence-corrected chi connectivity index (χ2v) is 7.16. The molecule has 1 aromatic heterocycles. The highest BCUT2D eigenvalue weighted by atomic mass is 79.9. The van der Waals surface area contributed by atoms with Crippen LogP contribution < -0.4 is 0 Å². The molecule has 106 valence electrons. The maximum Gasteiger partial charge on any atom is 0.269 e. The third kappa shape index (κ3) is 4.02. The highest BCUT2D eigenvalue weighted by molar-refractivity contribution is 9.11. The molecule has 20 heavy (non-hydrogen) atoms. The highest BCUT2D eigenvalue weighted by Crippen LogP contribution is 2.25. The first-order valence-electron chi connectivity index (χ1n) is 5.80. The maximum atomic E-state index is 10.8. The van der Waals surface area contributed by atoms with Crippen molar-refractivity contribution < 1.29 is 4.92 Å². The Morgan fingerprint density at radius 2 is 2.15 bits per heavy atom. The van der Waals surface area contributed by atoms with E-state index in [4.69, 9.17) is 11.6 Å². The Morgan fingerprint density at radius 1 is 1.40 bits per heavy atom. The van der Waals surface area contributed by atoms with Gasteiger partial charge in [-0.25, -0.2) is 0 Å². The molecule has 1 heterocycles. The van der Waals surface area contributed by atoms with Gasteiger partial charge >= 0.3 is 0 Å². The zero-order chi connectivity index (χ0) is 14.7. The van der Waals surface area contributed by atoms with Crippen molar-refractivity contribution >= 4 is 44.6 Å². The zero-order valence-electron chi connectivity index (χ0n) is 10.7. The van der Waals surface area contributed by atoms with Crippen LogP contribution in [0.5, 0.6) is 0 Å². The highest BCUT2D eigenvalue weighted by Gasteiger charge is 2.12. The van der Waals surface area contributed by atoms with Crippen LogP contribution in [0.4, 0.5) is 5.69 Å². The summed E-state index contributed by atoms with van der Waals surface area (Å²) < 4.78 is 1.09. The minimum absolute atomic E-state index is 0.0658. The summed E-state index contributed by atoms with van der Waals surface area (Å²) in [5, 5.41) is 13.4. The van der Waals surface area contributed by atoms with Crippen LogP contribution in [0.1, 0.15) is 11.1 Å². The third-order valence-corrected chi connectivity index (χ3v) is 4.68. The van der Waals surface area contributed by atoms with Crippen molar-refractivity contribution in [1.29, 1.82) is 0 Å². The first-order chi connectivity index (χ1) is 9.45. The average Bonchev–Trinajstić information content (AvgIpc) is 2.77. The molecule has 0 spiro atoms. The fraction of sp³-hybridized carbons (Fsp3) is 0.231. The van der Waals surface area contributed by atoms with Gasteiger partial charge in [0.2, 0.25) is 0 Å². The van der Waals surface area contributed by atoms with Gasteiger partial charge in [0.05, 0.1) is 8.71 Å². The van der Waals surface area contributed by atoms with Crippen LogP contribution in [0.25, 0.3) is 0 Å². The fourth-order valence-corrected chi connectivity index (χ4v) is 3.26. The first-order valence-corrected chi connectivity index (χ1v) is 7.85. The van der Waals surface area contributed by atoms with Crippen molar-refractivity contribution in [3.8, 4) is 0 Å². The van der Waals surface area contributed by atoms with Crippen LogP contribution in [0.15, 0.2) is 33.4 Å². The van der Waals surface area contributed by atoms with Crippen LogP contribution >= 0.6 is 38.9 Å². The molecule has 0 radical (unpaired) electrons. The van der Waals surface area contributed by atoms with Gasteiger partial charge in [0, 0.05) is 30.2 Å². The van der Waals surface area contributed by atoms with Crippen molar-refractivity contribution in [1.82, 2.24) is 4.90 Å². The van der Waals surface area contributed by atoms with Crippen LogP contribution in [0, 0.1) is 10.1 Å². The number of halogens is 2. The molecule has 0 aliphatic heterocycles. The van der Waals surface area contributed by atoms with Gasteiger partial charge < -0.3 is 0 Å². The molecule has 0 fully saturated rings. The number of nitro groups is 1. The fourth-order valence-electron chi connectivity index (χ4n) is 1.88. The number of thiophene rings is 1. The van der Waals surface area contributed by atoms with E-state index < -0.39 is 4.92 Å². The van der Waals surface area contributed by atoms with E-state index in [1.807, 2.05) is 7.05 Å². The zero-order valence-corrected chi connectivity index (χ0v) is 13.8. The molecule has 0 aliphatic rings. The van der Waals surface area contributed by atoms with Crippen LogP contribution in [-0.4, -0.2) is 16.9 Å². The number of rotatable bonds is 5. The van der Waals surface area contributed by atoms with E-state index in [2.05, 4.69) is 32.3 Å². The van der Waals surface area contributed by atoms with E-state index in [0.717, 1.165) is 15.9 Å². The van der Waals surface area contributed by atoms with E-state index in [0.29, 0.717) is 11.6 Å². The van der Waals surface area contributed by atoms with Gasteiger partial charge in [-0.1, -0.05) is 11.6 Å². The summed E-state index contributed by atoms with van der Waals surface area (Å²) in [6, 6.07) is 6.59. The lowest BCUT2D eigenvalue weighted by atomic mass is 10.2. The quantitative estimate of drug-likeness (QED) is 0.562. The maximum absolute atomic E-state index is 10.8. The molecule has 7 heteroatoms. The number of benzene rings is 1. The summed E-state index contributed by atoms with van der Waals surface area (Å²) in [6.45, 7) is 1.33. The molecule has 1 aromatic carbocycles. The molecule has 0 saturated carbocycles. The summed E-state index contributed by atoms with van der Waals surface area (Å²) in [5.74, 6) is 0. The predicted molar refractivity (Wildman–Crippen MR) is 85.3 cm³/mol. The number of nitro benzene ring substituents is 1. The lowest BCUT2D eigenvalue weighted by molar-refractivity contribution is -0.384. The Bertz CT molecular complexity index is 633. The Balaban J connectivity index is 2.08. The van der Waals surface area contributed by atoms with Crippen molar-refractivity contribution in [3.63, 3.8) is 0 Å². The SMILES string of the molecule is CN(Cc1csc(Br)c1)Cc1cc([N+](=O)[O-])ccc1Cl. The smallest absolute Gasteiger partial charge is 0.269 e. The molecular weight excluding hydrogens is 364 g/mol. The van der Waals surface area contributed by atoms with Gasteiger partial charge in [0.1, 0.15) is 0 Å². The van der Waals surface area contributed by atoms with Crippen LogP contribution in [0.3, 0.4) is 0 Å². The molecule has 0 aliphatic carbocycles. The third-order valence-electron chi connectivity index (χ3n) is 2.75. The van der Waals surface area contributed by atoms with Crippen LogP contribution in [-0.2, 0) is 13.1 Å². The van der Waals surface area contributed by atoms with E-state index >= 15 is 0 Å². The average molecular weight is 376 g/mol. The summed E-state index contributed by atoms with van der Waals surface area (Å²) in [4.78, 5) is 12.5. The van der Waals surface area contributed by atoms with Crippen molar-refractivity contribution in [2.24, 2.45) is 0 Å². The Hall–Kier alpha value is -0.950. The topological polar surface area (TPSA) is 46.4 Å². The van der Waals surface area contributed by atoms with E-state index in [1.165, 1.54) is 17.7 Å². The van der Waals surface area contributed by atoms with Crippen LogP contribution in [0.2, 0.25) is 5.02 Å². The van der Waals surface area contributed by atoms with Crippen molar-refractivity contribution in [3.05, 3.63) is 59.7 Å². The summed E-state index contributed by atoms with van der Waals surface area (Å²) >= 11 is 11.2. The standard InChI is InChI=1S/C13H12BrClN2O2S/c1-16(6-9-4-13(14)20-8-9)7-10-5-11(17(18)19)2-3-12(10)15/h2-5,8H,6-7H2,1H3. The van der Waals surface area contributed by atoms with Crippen molar-refractivity contribution in [2.45, 2.75) is 13.1 Å². The number of non-ortho nitro benzene ring substituents is 1. The monoisotopic (exact) mass is 374 g/mol. The molecule has 0 atom stereocenters. The lowest BCUT2D eigenvalue weighted by Gasteiger charge is -2.16. The molecule has 2 aromatic rings. The summed E-state index contributed by atoms with van der Waals surface area (Å²) in [7, 11) is 1.96. The van der Waals surface area contributed by atoms with E-state index in [-0.39, 0.29) is 5.69 Å². The molecule has 0 amide bonds. The molecule has 2 rings (SSSR count). The van der Waals surface area contributed by atoms with Gasteiger partial charge in [0.25, 0.3) is 5.69 Å². The second-order valence-electron chi connectivity index (χ2n) is 4.46. The number of hydrogen-bond donors (Lipinski definition) is 0. The molecule has 0 unspecified atom stereocenters. The van der Waals surface area contributed by atoms with Gasteiger partial charge in [-0.2, -0.15) is 0 Å². The summed E-state index contributed by atoms with van der Waals surface area (Å²) in [6.07, 6.45) is 0. The summed E-state index contributed by atoms with van der Waals surface area (Å²) in [5.41, 5.74) is 2.03. The largest absolute Gasteiger partial charge is 0.298 e. The predicted octanol–water partition coefficient (Wildman–Crippen LogP) is 4.70. The molecule has 0 bridgehead atoms. The first kappa shape index (κ1) is 15.4. The number of nitrogens with zero attached hydrogens (tertiary/aromatic N) is 2. The Morgan fingerprint density at radius 3 is 2.75 bits per heavy atom. The Kier molecular flexibility index (Phi) is 5.15. The number of hydrogen-bond acceptors (Lipinski definition) is 4. The molecule has 0 saturated heterocycles. The van der Waals surface area contributed by atoms with E-state index in [9.17, 15) is 10.1 Å². The van der Waals surface area contributed by atoms with Gasteiger partial charge in [-0.3, -0.25) is 15.0 Å². The second kappa shape index (κ2) is 6.67. The minimum atomic E-state index is -0.407. The normalized spacial score (nSPS) is 11.0. The molecular formula is C13H12BrClN2O2S.